The fraction of sp³-hybridized carbons (Fsp3) is 1.00. The van der Waals surface area contributed by atoms with Crippen LogP contribution in [0.25, 0.3) is 0 Å². The van der Waals surface area contributed by atoms with Crippen molar-refractivity contribution in [3.8, 4) is 0 Å². The van der Waals surface area contributed by atoms with Gasteiger partial charge in [0.05, 0.1) is 12.7 Å². The zero-order valence-corrected chi connectivity index (χ0v) is 8.63. The molecule has 1 fully saturated rings. The Bertz CT molecular complexity index is 127. The lowest BCUT2D eigenvalue weighted by Crippen LogP contribution is -2.32. The van der Waals surface area contributed by atoms with Crippen LogP contribution in [0.3, 0.4) is 0 Å². The van der Waals surface area contributed by atoms with Gasteiger partial charge >= 0.3 is 0 Å². The van der Waals surface area contributed by atoms with Gasteiger partial charge in [-0.15, -0.1) is 0 Å². The van der Waals surface area contributed by atoms with E-state index < -0.39 is 8.32 Å². The molecule has 2 nitrogen and oxygen atoms in total. The molecule has 1 heterocycles. The van der Waals surface area contributed by atoms with Gasteiger partial charge in [0.25, 0.3) is 0 Å². The van der Waals surface area contributed by atoms with Crippen molar-refractivity contribution in [1.82, 2.24) is 0 Å². The fourth-order valence-electron chi connectivity index (χ4n) is 1.48. The molecule has 3 heteroatoms. The molecule has 1 saturated heterocycles. The Kier molecular flexibility index (Phi) is 2.73. The van der Waals surface area contributed by atoms with Gasteiger partial charge in [0.1, 0.15) is 0 Å². The van der Waals surface area contributed by atoms with E-state index in [0.29, 0.717) is 11.6 Å². The molecule has 1 N–H and O–H groups in total. The van der Waals surface area contributed by atoms with Gasteiger partial charge in [-0.25, -0.2) is 0 Å². The first kappa shape index (κ1) is 9.23. The Hall–Kier alpha value is 0.137. The lowest BCUT2D eigenvalue weighted by molar-refractivity contribution is 0.380. The van der Waals surface area contributed by atoms with E-state index in [2.05, 4.69) is 6.92 Å². The maximum absolute atomic E-state index is 9.84. The summed E-state index contributed by atoms with van der Waals surface area (Å²) in [6.07, 6.45) is 2.64. The second-order valence-corrected chi connectivity index (χ2v) is 8.07. The van der Waals surface area contributed by atoms with Crippen molar-refractivity contribution in [2.45, 2.75) is 44.5 Å². The van der Waals surface area contributed by atoms with Crippen LogP contribution in [0.4, 0.5) is 0 Å². The fourth-order valence-corrected chi connectivity index (χ4v) is 3.31. The lowest BCUT2D eigenvalue weighted by Gasteiger charge is -2.24. The Morgan fingerprint density at radius 2 is 2.18 bits per heavy atom. The summed E-state index contributed by atoms with van der Waals surface area (Å²) in [4.78, 5) is 9.84. The molecule has 2 unspecified atom stereocenters. The molecule has 0 aliphatic carbocycles. The average Bonchev–Trinajstić information content (AvgIpc) is 2.62. The Morgan fingerprint density at radius 3 is 2.45 bits per heavy atom. The molecule has 0 aromatic rings. The van der Waals surface area contributed by atoms with Gasteiger partial charge in [0.15, 0.2) is 8.32 Å². The maximum atomic E-state index is 9.84. The largest absolute Gasteiger partial charge is 0.432 e. The molecule has 0 bridgehead atoms. The van der Waals surface area contributed by atoms with Crippen molar-refractivity contribution < 1.29 is 9.53 Å². The summed E-state index contributed by atoms with van der Waals surface area (Å²) in [5, 5.41) is 0. The summed E-state index contributed by atoms with van der Waals surface area (Å²) < 4.78 is 5.15. The van der Waals surface area contributed by atoms with Gasteiger partial charge in [0.2, 0.25) is 0 Å². The Balaban J connectivity index is 2.34. The molecule has 1 rings (SSSR count). The van der Waals surface area contributed by atoms with E-state index in [4.69, 9.17) is 4.74 Å². The topological polar surface area (TPSA) is 32.8 Å². The second-order valence-electron chi connectivity index (χ2n) is 3.95. The van der Waals surface area contributed by atoms with Gasteiger partial charge in [0, 0.05) is 0 Å². The quantitative estimate of drug-likeness (QED) is 0.520. The van der Waals surface area contributed by atoms with Crippen molar-refractivity contribution >= 4 is 8.32 Å². The highest BCUT2D eigenvalue weighted by molar-refractivity contribution is 6.71. The molecule has 0 aromatic heterocycles. The van der Waals surface area contributed by atoms with E-state index in [1.807, 2.05) is 13.1 Å². The first-order chi connectivity index (χ1) is 5.04. The first-order valence-corrected chi connectivity index (χ1v) is 7.40. The van der Waals surface area contributed by atoms with Crippen molar-refractivity contribution in [3.05, 3.63) is 0 Å². The average molecular weight is 174 g/mol. The molecule has 1 aliphatic rings. The van der Waals surface area contributed by atoms with Crippen LogP contribution in [0, 0.1) is 0 Å². The van der Waals surface area contributed by atoms with Gasteiger partial charge in [-0.2, -0.15) is 0 Å². The predicted octanol–water partition coefficient (Wildman–Crippen LogP) is 1.75. The minimum Gasteiger partial charge on any atom is -0.432 e. The van der Waals surface area contributed by atoms with Gasteiger partial charge in [-0.1, -0.05) is 13.3 Å². The summed E-state index contributed by atoms with van der Waals surface area (Å²) >= 11 is 0. The normalized spacial score (nSPS) is 26.7. The minimum absolute atomic E-state index is 0.471. The van der Waals surface area contributed by atoms with Gasteiger partial charge in [-0.05, 0) is 25.1 Å². The Labute approximate surface area is 69.7 Å². The van der Waals surface area contributed by atoms with Crippen LogP contribution in [-0.4, -0.2) is 25.8 Å². The smallest absolute Gasteiger partial charge is 0.185 e. The maximum Gasteiger partial charge on any atom is 0.185 e. The molecule has 0 aromatic carbocycles. The lowest BCUT2D eigenvalue weighted by atomic mass is 10.2. The Morgan fingerprint density at radius 1 is 1.64 bits per heavy atom. The second kappa shape index (κ2) is 3.25. The van der Waals surface area contributed by atoms with Crippen LogP contribution in [0.2, 0.25) is 18.6 Å². The summed E-state index contributed by atoms with van der Waals surface area (Å²) in [6.45, 7) is 7.10. The first-order valence-electron chi connectivity index (χ1n) is 4.38. The SMILES string of the molecule is CCC(CC1CO1)[Si](C)(C)O. The van der Waals surface area contributed by atoms with E-state index in [1.54, 1.807) is 0 Å². The summed E-state index contributed by atoms with van der Waals surface area (Å²) in [7, 11) is -1.89. The molecule has 2 atom stereocenters. The summed E-state index contributed by atoms with van der Waals surface area (Å²) in [6, 6.07) is 0. The number of rotatable bonds is 4. The highest BCUT2D eigenvalue weighted by atomic mass is 28.4. The van der Waals surface area contributed by atoms with Crippen LogP contribution in [0.15, 0.2) is 0 Å². The predicted molar refractivity (Wildman–Crippen MR) is 48.1 cm³/mol. The number of hydrogen-bond donors (Lipinski definition) is 1. The highest BCUT2D eigenvalue weighted by Gasteiger charge is 2.34. The third kappa shape index (κ3) is 2.93. The number of hydrogen-bond acceptors (Lipinski definition) is 2. The van der Waals surface area contributed by atoms with Crippen LogP contribution in [0.1, 0.15) is 19.8 Å². The molecular weight excluding hydrogens is 156 g/mol. The van der Waals surface area contributed by atoms with Crippen molar-refractivity contribution in [2.24, 2.45) is 0 Å². The third-order valence-electron chi connectivity index (χ3n) is 2.44. The van der Waals surface area contributed by atoms with Crippen LogP contribution in [0.5, 0.6) is 0 Å². The van der Waals surface area contributed by atoms with E-state index in [0.717, 1.165) is 19.4 Å². The van der Waals surface area contributed by atoms with E-state index >= 15 is 0 Å². The summed E-state index contributed by atoms with van der Waals surface area (Å²) in [5.74, 6) is 0. The molecule has 0 radical (unpaired) electrons. The van der Waals surface area contributed by atoms with E-state index in [9.17, 15) is 4.80 Å². The number of epoxide rings is 1. The zero-order chi connectivity index (χ0) is 8.48. The van der Waals surface area contributed by atoms with Crippen molar-refractivity contribution in [2.75, 3.05) is 6.61 Å². The monoisotopic (exact) mass is 174 g/mol. The molecule has 0 spiro atoms. The number of ether oxygens (including phenoxy) is 1. The molecule has 0 amide bonds. The molecule has 66 valence electrons. The van der Waals surface area contributed by atoms with Crippen molar-refractivity contribution in [1.29, 1.82) is 0 Å². The van der Waals surface area contributed by atoms with Gasteiger partial charge in [-0.3, -0.25) is 0 Å². The molecule has 1 aliphatic heterocycles. The highest BCUT2D eigenvalue weighted by Crippen LogP contribution is 2.32. The molecular formula is C8H18O2Si. The van der Waals surface area contributed by atoms with Crippen LogP contribution < -0.4 is 0 Å². The molecule has 0 saturated carbocycles. The zero-order valence-electron chi connectivity index (χ0n) is 7.63. The van der Waals surface area contributed by atoms with Crippen LogP contribution in [-0.2, 0) is 4.74 Å². The van der Waals surface area contributed by atoms with Crippen molar-refractivity contribution in [3.63, 3.8) is 0 Å². The van der Waals surface area contributed by atoms with Crippen LogP contribution >= 0.6 is 0 Å². The van der Waals surface area contributed by atoms with Gasteiger partial charge < -0.3 is 9.53 Å². The minimum atomic E-state index is -1.89. The molecule has 11 heavy (non-hydrogen) atoms. The standard InChI is InChI=1S/C8H18O2Si/c1-4-8(11(2,3)9)5-7-6-10-7/h7-9H,4-6H2,1-3H3. The van der Waals surface area contributed by atoms with E-state index in [-0.39, 0.29) is 0 Å². The summed E-state index contributed by atoms with van der Waals surface area (Å²) in [5.41, 5.74) is 0.523. The third-order valence-corrected chi connectivity index (χ3v) is 5.08. The van der Waals surface area contributed by atoms with E-state index in [1.165, 1.54) is 0 Å².